The van der Waals surface area contributed by atoms with E-state index in [1.54, 1.807) is 0 Å². The number of hydrogen-bond donors (Lipinski definition) is 1. The summed E-state index contributed by atoms with van der Waals surface area (Å²) in [7, 11) is 1.99. The van der Waals surface area contributed by atoms with E-state index >= 15 is 0 Å². The third-order valence-electron chi connectivity index (χ3n) is 3.76. The molecule has 96 valence electrons. The number of nitrogens with two attached hydrogens (primary N) is 1. The van der Waals surface area contributed by atoms with Crippen LogP contribution in [0.2, 0.25) is 0 Å². The minimum absolute atomic E-state index is 0.106. The summed E-state index contributed by atoms with van der Waals surface area (Å²) < 4.78 is 8.01. The number of rotatable bonds is 2. The first-order chi connectivity index (χ1) is 8.75. The van der Waals surface area contributed by atoms with E-state index in [1.807, 2.05) is 29.8 Å². The van der Waals surface area contributed by atoms with Gasteiger partial charge in [0.05, 0.1) is 11.0 Å². The van der Waals surface area contributed by atoms with Crippen molar-refractivity contribution >= 4 is 11.0 Å². The van der Waals surface area contributed by atoms with Gasteiger partial charge in [-0.05, 0) is 31.4 Å². The molecule has 2 aromatic rings. The predicted molar refractivity (Wildman–Crippen MR) is 71.6 cm³/mol. The molecule has 1 aromatic heterocycles. The van der Waals surface area contributed by atoms with Gasteiger partial charge in [-0.1, -0.05) is 18.6 Å². The Bertz CT molecular complexity index is 549. The molecule has 0 radical (unpaired) electrons. The monoisotopic (exact) mass is 245 g/mol. The lowest BCUT2D eigenvalue weighted by atomic mass is 9.93. The second-order valence-electron chi connectivity index (χ2n) is 5.05. The highest BCUT2D eigenvalue weighted by Gasteiger charge is 2.25. The van der Waals surface area contributed by atoms with E-state index in [4.69, 9.17) is 10.5 Å². The van der Waals surface area contributed by atoms with Gasteiger partial charge in [0, 0.05) is 13.1 Å². The number of imidazole rings is 1. The highest BCUT2D eigenvalue weighted by molar-refractivity contribution is 5.76. The number of ether oxygens (including phenoxy) is 1. The quantitative estimate of drug-likeness (QED) is 0.882. The van der Waals surface area contributed by atoms with E-state index in [0.29, 0.717) is 6.01 Å². The summed E-state index contributed by atoms with van der Waals surface area (Å²) in [5.74, 6) is 0. The Morgan fingerprint density at radius 2 is 2.06 bits per heavy atom. The van der Waals surface area contributed by atoms with Crippen LogP contribution in [0.3, 0.4) is 0 Å². The molecule has 1 saturated carbocycles. The summed E-state index contributed by atoms with van der Waals surface area (Å²) >= 11 is 0. The molecular formula is C14H19N3O. The summed E-state index contributed by atoms with van der Waals surface area (Å²) in [5, 5.41) is 0. The lowest BCUT2D eigenvalue weighted by molar-refractivity contribution is 0.117. The smallest absolute Gasteiger partial charge is 0.297 e. The fourth-order valence-corrected chi connectivity index (χ4v) is 2.64. The minimum Gasteiger partial charge on any atom is -0.460 e. The predicted octanol–water partition coefficient (Wildman–Crippen LogP) is 2.22. The molecule has 18 heavy (non-hydrogen) atoms. The molecule has 1 aliphatic rings. The van der Waals surface area contributed by atoms with Gasteiger partial charge in [0.2, 0.25) is 0 Å². The van der Waals surface area contributed by atoms with E-state index in [0.717, 1.165) is 23.9 Å². The van der Waals surface area contributed by atoms with Gasteiger partial charge in [-0.15, -0.1) is 0 Å². The van der Waals surface area contributed by atoms with Crippen LogP contribution in [-0.2, 0) is 7.05 Å². The van der Waals surface area contributed by atoms with Crippen molar-refractivity contribution in [3.8, 4) is 6.01 Å². The molecule has 2 unspecified atom stereocenters. The number of benzene rings is 1. The Morgan fingerprint density at radius 3 is 2.83 bits per heavy atom. The maximum atomic E-state index is 6.11. The fourth-order valence-electron chi connectivity index (χ4n) is 2.64. The third-order valence-corrected chi connectivity index (χ3v) is 3.76. The number of fused-ring (bicyclic) bond motifs is 1. The van der Waals surface area contributed by atoms with Crippen LogP contribution in [0.1, 0.15) is 25.7 Å². The molecule has 4 heteroatoms. The lowest BCUT2D eigenvalue weighted by Gasteiger charge is -2.28. The van der Waals surface area contributed by atoms with E-state index in [1.165, 1.54) is 12.8 Å². The van der Waals surface area contributed by atoms with Crippen molar-refractivity contribution in [2.75, 3.05) is 0 Å². The number of hydrogen-bond acceptors (Lipinski definition) is 3. The molecule has 0 aliphatic heterocycles. The first-order valence-corrected chi connectivity index (χ1v) is 6.59. The average molecular weight is 245 g/mol. The highest BCUT2D eigenvalue weighted by Crippen LogP contribution is 2.25. The molecule has 1 heterocycles. The largest absolute Gasteiger partial charge is 0.460 e. The van der Waals surface area contributed by atoms with Crippen molar-refractivity contribution in [3.63, 3.8) is 0 Å². The van der Waals surface area contributed by atoms with Crippen LogP contribution in [0.4, 0.5) is 0 Å². The molecule has 0 bridgehead atoms. The van der Waals surface area contributed by atoms with Gasteiger partial charge >= 0.3 is 0 Å². The minimum atomic E-state index is 0.106. The Morgan fingerprint density at radius 1 is 1.28 bits per heavy atom. The lowest BCUT2D eigenvalue weighted by Crippen LogP contribution is -2.41. The van der Waals surface area contributed by atoms with Crippen LogP contribution < -0.4 is 10.5 Å². The van der Waals surface area contributed by atoms with Gasteiger partial charge in [-0.3, -0.25) is 4.57 Å². The molecule has 1 aromatic carbocycles. The molecule has 2 N–H and O–H groups in total. The summed E-state index contributed by atoms with van der Waals surface area (Å²) in [6.07, 6.45) is 4.60. The second kappa shape index (κ2) is 4.61. The summed E-state index contributed by atoms with van der Waals surface area (Å²) in [6, 6.07) is 8.88. The standard InChI is InChI=1S/C14H19N3O/c1-17-12-8-4-3-7-11(12)16-14(17)18-13-9-5-2-6-10(13)15/h3-4,7-8,10,13H,2,5-6,9,15H2,1H3. The number of para-hydroxylation sites is 2. The van der Waals surface area contributed by atoms with E-state index in [2.05, 4.69) is 11.1 Å². The second-order valence-corrected chi connectivity index (χ2v) is 5.05. The van der Waals surface area contributed by atoms with Crippen molar-refractivity contribution in [1.29, 1.82) is 0 Å². The van der Waals surface area contributed by atoms with Crippen LogP contribution in [0, 0.1) is 0 Å². The zero-order valence-corrected chi connectivity index (χ0v) is 10.7. The van der Waals surface area contributed by atoms with Gasteiger partial charge < -0.3 is 10.5 Å². The van der Waals surface area contributed by atoms with Crippen LogP contribution in [0.25, 0.3) is 11.0 Å². The Kier molecular flexibility index (Phi) is 2.96. The fraction of sp³-hybridized carbons (Fsp3) is 0.500. The highest BCUT2D eigenvalue weighted by atomic mass is 16.5. The first-order valence-electron chi connectivity index (χ1n) is 6.59. The van der Waals surface area contributed by atoms with Gasteiger partial charge in [0.25, 0.3) is 6.01 Å². The Hall–Kier alpha value is -1.55. The average Bonchev–Trinajstić information content (AvgIpc) is 2.70. The SMILES string of the molecule is Cn1c(OC2CCCCC2N)nc2ccccc21. The van der Waals surface area contributed by atoms with Crippen molar-refractivity contribution < 1.29 is 4.74 Å². The van der Waals surface area contributed by atoms with Crippen LogP contribution in [0.5, 0.6) is 6.01 Å². The van der Waals surface area contributed by atoms with Crippen LogP contribution in [0.15, 0.2) is 24.3 Å². The molecule has 2 atom stereocenters. The van der Waals surface area contributed by atoms with E-state index < -0.39 is 0 Å². The molecular weight excluding hydrogens is 226 g/mol. The topological polar surface area (TPSA) is 53.1 Å². The van der Waals surface area contributed by atoms with Crippen molar-refractivity contribution in [3.05, 3.63) is 24.3 Å². The number of nitrogens with zero attached hydrogens (tertiary/aromatic N) is 2. The molecule has 1 fully saturated rings. The summed E-state index contributed by atoms with van der Waals surface area (Å²) in [4.78, 5) is 4.53. The summed E-state index contributed by atoms with van der Waals surface area (Å²) in [6.45, 7) is 0. The van der Waals surface area contributed by atoms with Crippen molar-refractivity contribution in [2.45, 2.75) is 37.8 Å². The number of aryl methyl sites for hydroxylation is 1. The normalized spacial score (nSPS) is 24.3. The van der Waals surface area contributed by atoms with Gasteiger partial charge in [0.1, 0.15) is 6.10 Å². The first kappa shape index (κ1) is 11.5. The maximum Gasteiger partial charge on any atom is 0.297 e. The third kappa shape index (κ3) is 1.97. The molecule has 3 rings (SSSR count). The zero-order chi connectivity index (χ0) is 12.5. The molecule has 0 spiro atoms. The Labute approximate surface area is 107 Å². The molecule has 0 amide bonds. The van der Waals surface area contributed by atoms with Crippen LogP contribution in [-0.4, -0.2) is 21.7 Å². The van der Waals surface area contributed by atoms with E-state index in [-0.39, 0.29) is 12.1 Å². The molecule has 4 nitrogen and oxygen atoms in total. The van der Waals surface area contributed by atoms with Gasteiger partial charge in [-0.2, -0.15) is 4.98 Å². The molecule has 1 aliphatic carbocycles. The van der Waals surface area contributed by atoms with Gasteiger partial charge in [0.15, 0.2) is 0 Å². The van der Waals surface area contributed by atoms with Crippen molar-refractivity contribution in [1.82, 2.24) is 9.55 Å². The van der Waals surface area contributed by atoms with Gasteiger partial charge in [-0.25, -0.2) is 0 Å². The Balaban J connectivity index is 1.88. The number of aromatic nitrogens is 2. The summed E-state index contributed by atoms with van der Waals surface area (Å²) in [5.41, 5.74) is 8.18. The zero-order valence-electron chi connectivity index (χ0n) is 10.7. The maximum absolute atomic E-state index is 6.11. The van der Waals surface area contributed by atoms with Crippen LogP contribution >= 0.6 is 0 Å². The molecule has 0 saturated heterocycles. The van der Waals surface area contributed by atoms with E-state index in [9.17, 15) is 0 Å². The van der Waals surface area contributed by atoms with Crippen molar-refractivity contribution in [2.24, 2.45) is 12.8 Å².